The molecular weight excluding hydrogens is 144 g/mol. The summed E-state index contributed by atoms with van der Waals surface area (Å²) in [6.45, 7) is 3.77. The quantitative estimate of drug-likeness (QED) is 0.458. The molecule has 0 aromatic rings. The molecule has 0 spiro atoms. The highest BCUT2D eigenvalue weighted by molar-refractivity contribution is 4.88. The van der Waals surface area contributed by atoms with E-state index >= 15 is 0 Å². The van der Waals surface area contributed by atoms with Crippen molar-refractivity contribution in [3.63, 3.8) is 0 Å². The lowest BCUT2D eigenvalue weighted by molar-refractivity contribution is -0.127. The number of rotatable bonds is 0. The second-order valence-corrected chi connectivity index (χ2v) is 3.66. The van der Waals surface area contributed by atoms with Crippen molar-refractivity contribution in [3.8, 4) is 0 Å². The molecule has 0 radical (unpaired) electrons. The fourth-order valence-corrected chi connectivity index (χ4v) is 1.74. The van der Waals surface area contributed by atoms with Crippen molar-refractivity contribution in [1.82, 2.24) is 0 Å². The van der Waals surface area contributed by atoms with Crippen molar-refractivity contribution in [2.24, 2.45) is 11.8 Å². The molecule has 0 bridgehead atoms. The fraction of sp³-hybridized carbons (Fsp3) is 1.00. The van der Waals surface area contributed by atoms with Crippen molar-refractivity contribution in [3.05, 3.63) is 0 Å². The van der Waals surface area contributed by atoms with Gasteiger partial charge in [0.25, 0.3) is 0 Å². The summed E-state index contributed by atoms with van der Waals surface area (Å²) in [7, 11) is 0. The van der Waals surface area contributed by atoms with Gasteiger partial charge < -0.3 is 15.3 Å². The molecule has 1 rings (SSSR count). The van der Waals surface area contributed by atoms with E-state index in [1.165, 1.54) is 0 Å². The van der Waals surface area contributed by atoms with E-state index in [1.807, 2.05) is 13.8 Å². The monoisotopic (exact) mass is 160 g/mol. The summed E-state index contributed by atoms with van der Waals surface area (Å²) in [4.78, 5) is 0. The molecule has 5 atom stereocenters. The first-order chi connectivity index (χ1) is 5.04. The summed E-state index contributed by atoms with van der Waals surface area (Å²) in [6.07, 6.45) is -1.71. The number of aliphatic hydroxyl groups is 3. The Morgan fingerprint density at radius 3 is 1.55 bits per heavy atom. The molecule has 1 fully saturated rings. The first-order valence-electron chi connectivity index (χ1n) is 4.08. The summed E-state index contributed by atoms with van der Waals surface area (Å²) in [5.41, 5.74) is 0. The molecule has 0 aromatic carbocycles. The predicted molar refractivity (Wildman–Crippen MR) is 41.0 cm³/mol. The minimum atomic E-state index is -0.964. The Bertz CT molecular complexity index is 123. The molecule has 1 aliphatic rings. The van der Waals surface area contributed by atoms with E-state index in [-0.39, 0.29) is 11.8 Å². The van der Waals surface area contributed by atoms with Crippen molar-refractivity contribution < 1.29 is 15.3 Å². The van der Waals surface area contributed by atoms with Gasteiger partial charge in [-0.3, -0.25) is 0 Å². The molecule has 0 amide bonds. The largest absolute Gasteiger partial charge is 0.390 e. The van der Waals surface area contributed by atoms with Crippen LogP contribution in [-0.4, -0.2) is 33.6 Å². The summed E-state index contributed by atoms with van der Waals surface area (Å²) in [5.74, 6) is 0.173. The van der Waals surface area contributed by atoms with Crippen LogP contribution in [0.2, 0.25) is 0 Å². The van der Waals surface area contributed by atoms with E-state index in [2.05, 4.69) is 0 Å². The third-order valence-electron chi connectivity index (χ3n) is 2.61. The Balaban J connectivity index is 2.63. The van der Waals surface area contributed by atoms with Crippen LogP contribution in [0.15, 0.2) is 0 Å². The van der Waals surface area contributed by atoms with Crippen LogP contribution in [0.4, 0.5) is 0 Å². The topological polar surface area (TPSA) is 60.7 Å². The highest BCUT2D eigenvalue weighted by Crippen LogP contribution is 2.29. The zero-order chi connectivity index (χ0) is 8.59. The van der Waals surface area contributed by atoms with Gasteiger partial charge in [0.2, 0.25) is 0 Å². The molecule has 0 heterocycles. The van der Waals surface area contributed by atoms with Crippen molar-refractivity contribution in [1.29, 1.82) is 0 Å². The van der Waals surface area contributed by atoms with Crippen LogP contribution in [0.1, 0.15) is 20.3 Å². The van der Waals surface area contributed by atoms with Gasteiger partial charge in [0.1, 0.15) is 6.10 Å². The van der Waals surface area contributed by atoms with Crippen LogP contribution in [0.5, 0.6) is 0 Å². The molecule has 3 heteroatoms. The lowest BCUT2D eigenvalue weighted by Crippen LogP contribution is -2.49. The van der Waals surface area contributed by atoms with Crippen LogP contribution < -0.4 is 0 Å². The molecule has 1 unspecified atom stereocenters. The molecule has 3 nitrogen and oxygen atoms in total. The second-order valence-electron chi connectivity index (χ2n) is 3.66. The SMILES string of the molecule is C[C@@H]1C[C@H](C)[C@@H](O)C(O)[C@@H]1O. The number of hydrogen-bond acceptors (Lipinski definition) is 3. The van der Waals surface area contributed by atoms with Gasteiger partial charge in [-0.1, -0.05) is 13.8 Å². The normalized spacial score (nSPS) is 52.6. The Labute approximate surface area is 66.7 Å². The van der Waals surface area contributed by atoms with Gasteiger partial charge in [0, 0.05) is 0 Å². The Hall–Kier alpha value is -0.120. The van der Waals surface area contributed by atoms with Gasteiger partial charge in [0.05, 0.1) is 12.2 Å². The number of hydrogen-bond donors (Lipinski definition) is 3. The zero-order valence-electron chi connectivity index (χ0n) is 6.94. The molecule has 3 N–H and O–H groups in total. The van der Waals surface area contributed by atoms with Gasteiger partial charge >= 0.3 is 0 Å². The summed E-state index contributed by atoms with van der Waals surface area (Å²) in [6, 6.07) is 0. The maximum Gasteiger partial charge on any atom is 0.106 e. The van der Waals surface area contributed by atoms with Crippen molar-refractivity contribution in [2.45, 2.75) is 38.6 Å². The van der Waals surface area contributed by atoms with E-state index in [4.69, 9.17) is 0 Å². The Morgan fingerprint density at radius 2 is 1.18 bits per heavy atom. The molecular formula is C8H16O3. The highest BCUT2D eigenvalue weighted by atomic mass is 16.4. The van der Waals surface area contributed by atoms with E-state index < -0.39 is 18.3 Å². The fourth-order valence-electron chi connectivity index (χ4n) is 1.74. The van der Waals surface area contributed by atoms with Crippen LogP contribution in [0.25, 0.3) is 0 Å². The standard InChI is InChI=1S/C8H16O3/c1-4-3-5(2)7(10)8(11)6(4)9/h4-11H,3H2,1-2H3/t4-,5+,6-,7-,8?/m1/s1. The van der Waals surface area contributed by atoms with Crippen LogP contribution >= 0.6 is 0 Å². The molecule has 0 aromatic heterocycles. The minimum absolute atomic E-state index is 0.0865. The average molecular weight is 160 g/mol. The van der Waals surface area contributed by atoms with Gasteiger partial charge in [-0.25, -0.2) is 0 Å². The van der Waals surface area contributed by atoms with Gasteiger partial charge in [-0.15, -0.1) is 0 Å². The summed E-state index contributed by atoms with van der Waals surface area (Å²) >= 11 is 0. The predicted octanol–water partition coefficient (Wildman–Crippen LogP) is -0.255. The molecule has 1 saturated carbocycles. The van der Waals surface area contributed by atoms with Crippen LogP contribution in [0, 0.1) is 11.8 Å². The van der Waals surface area contributed by atoms with E-state index in [9.17, 15) is 15.3 Å². The van der Waals surface area contributed by atoms with E-state index in [1.54, 1.807) is 0 Å². The highest BCUT2D eigenvalue weighted by Gasteiger charge is 2.38. The Morgan fingerprint density at radius 1 is 0.818 bits per heavy atom. The first-order valence-corrected chi connectivity index (χ1v) is 4.08. The van der Waals surface area contributed by atoms with Crippen molar-refractivity contribution >= 4 is 0 Å². The molecule has 11 heavy (non-hydrogen) atoms. The van der Waals surface area contributed by atoms with Crippen LogP contribution in [-0.2, 0) is 0 Å². The molecule has 66 valence electrons. The third kappa shape index (κ3) is 1.55. The minimum Gasteiger partial charge on any atom is -0.390 e. The third-order valence-corrected chi connectivity index (χ3v) is 2.61. The number of aliphatic hydroxyl groups excluding tert-OH is 3. The molecule has 1 aliphatic carbocycles. The van der Waals surface area contributed by atoms with Gasteiger partial charge in [-0.05, 0) is 18.3 Å². The molecule has 0 saturated heterocycles. The maximum absolute atomic E-state index is 9.32. The van der Waals surface area contributed by atoms with E-state index in [0.717, 1.165) is 6.42 Å². The van der Waals surface area contributed by atoms with E-state index in [0.29, 0.717) is 0 Å². The second kappa shape index (κ2) is 3.09. The lowest BCUT2D eigenvalue weighted by atomic mass is 9.77. The first kappa shape index (κ1) is 8.97. The summed E-state index contributed by atoms with van der Waals surface area (Å²) in [5, 5.41) is 27.9. The van der Waals surface area contributed by atoms with Crippen LogP contribution in [0.3, 0.4) is 0 Å². The Kier molecular flexibility index (Phi) is 2.52. The summed E-state index contributed by atoms with van der Waals surface area (Å²) < 4.78 is 0. The zero-order valence-corrected chi connectivity index (χ0v) is 6.94. The maximum atomic E-state index is 9.32. The molecule has 0 aliphatic heterocycles. The lowest BCUT2D eigenvalue weighted by Gasteiger charge is -2.37. The smallest absolute Gasteiger partial charge is 0.106 e. The van der Waals surface area contributed by atoms with Gasteiger partial charge in [0.15, 0.2) is 0 Å². The van der Waals surface area contributed by atoms with Gasteiger partial charge in [-0.2, -0.15) is 0 Å². The average Bonchev–Trinajstić information content (AvgIpc) is 1.97. The van der Waals surface area contributed by atoms with Crippen molar-refractivity contribution in [2.75, 3.05) is 0 Å².